The number of rotatable bonds is 9. The van der Waals surface area contributed by atoms with Gasteiger partial charge in [0.2, 0.25) is 11.7 Å². The molecule has 0 radical (unpaired) electrons. The van der Waals surface area contributed by atoms with Crippen LogP contribution in [0.15, 0.2) is 36.4 Å². The van der Waals surface area contributed by atoms with Crippen molar-refractivity contribution in [1.82, 2.24) is 0 Å². The number of carbonyl (C=O) groups is 2. The summed E-state index contributed by atoms with van der Waals surface area (Å²) in [6, 6.07) is 10.3. The van der Waals surface area contributed by atoms with Crippen molar-refractivity contribution in [2.75, 3.05) is 38.5 Å². The summed E-state index contributed by atoms with van der Waals surface area (Å²) in [6.45, 7) is 1.93. The summed E-state index contributed by atoms with van der Waals surface area (Å²) < 4.78 is 15.9. The van der Waals surface area contributed by atoms with Gasteiger partial charge >= 0.3 is 0 Å². The van der Waals surface area contributed by atoms with Crippen molar-refractivity contribution in [2.45, 2.75) is 13.3 Å². The average molecular weight is 372 g/mol. The lowest BCUT2D eigenvalue weighted by Gasteiger charge is -2.15. The molecule has 2 aromatic carbocycles. The number of amides is 1. The highest BCUT2D eigenvalue weighted by molar-refractivity contribution is 5.95. The summed E-state index contributed by atoms with van der Waals surface area (Å²) in [6.07, 6.45) is 0.269. The fourth-order valence-corrected chi connectivity index (χ4v) is 2.52. The first-order chi connectivity index (χ1) is 13.0. The third kappa shape index (κ3) is 5.37. The molecule has 7 nitrogen and oxygen atoms in total. The van der Waals surface area contributed by atoms with E-state index in [1.807, 2.05) is 0 Å². The van der Waals surface area contributed by atoms with Crippen molar-refractivity contribution in [3.05, 3.63) is 42.0 Å². The molecule has 0 aliphatic rings. The molecule has 0 bridgehead atoms. The number of Topliss-reactive ketones (excluding diaryl/α,β-unsaturated/α-hetero) is 1. The zero-order chi connectivity index (χ0) is 19.8. The maximum Gasteiger partial charge on any atom is 0.226 e. The first kappa shape index (κ1) is 20.1. The van der Waals surface area contributed by atoms with Crippen LogP contribution in [0.4, 0.5) is 11.4 Å². The molecule has 0 saturated carbocycles. The van der Waals surface area contributed by atoms with Crippen molar-refractivity contribution in [3.63, 3.8) is 0 Å². The van der Waals surface area contributed by atoms with Crippen molar-refractivity contribution in [3.8, 4) is 17.2 Å². The lowest BCUT2D eigenvalue weighted by atomic mass is 10.1. The van der Waals surface area contributed by atoms with Crippen molar-refractivity contribution in [1.29, 1.82) is 0 Å². The number of benzene rings is 2. The van der Waals surface area contributed by atoms with Gasteiger partial charge in [-0.2, -0.15) is 0 Å². The fourth-order valence-electron chi connectivity index (χ4n) is 2.52. The van der Waals surface area contributed by atoms with E-state index in [-0.39, 0.29) is 18.1 Å². The Balaban J connectivity index is 1.91. The van der Waals surface area contributed by atoms with E-state index in [1.54, 1.807) is 57.7 Å². The highest BCUT2D eigenvalue weighted by Crippen LogP contribution is 2.39. The van der Waals surface area contributed by atoms with Crippen LogP contribution in [0.2, 0.25) is 0 Å². The van der Waals surface area contributed by atoms with E-state index in [0.717, 1.165) is 5.69 Å². The Hall–Kier alpha value is -3.22. The molecule has 2 rings (SSSR count). The zero-order valence-corrected chi connectivity index (χ0v) is 15.9. The largest absolute Gasteiger partial charge is 0.493 e. The maximum atomic E-state index is 12.1. The zero-order valence-electron chi connectivity index (χ0n) is 15.9. The molecule has 0 aliphatic carbocycles. The van der Waals surface area contributed by atoms with Crippen LogP contribution in [0.3, 0.4) is 0 Å². The minimum Gasteiger partial charge on any atom is -0.493 e. The van der Waals surface area contributed by atoms with Gasteiger partial charge in [0.1, 0.15) is 0 Å². The van der Waals surface area contributed by atoms with Gasteiger partial charge in [-0.3, -0.25) is 9.59 Å². The summed E-state index contributed by atoms with van der Waals surface area (Å²) in [4.78, 5) is 23.3. The van der Waals surface area contributed by atoms with Crippen LogP contribution in [-0.4, -0.2) is 39.6 Å². The Bertz CT molecular complexity index is 778. The Morgan fingerprint density at radius 3 is 1.96 bits per heavy atom. The molecule has 144 valence electrons. The third-order valence-electron chi connectivity index (χ3n) is 3.92. The molecular weight excluding hydrogens is 348 g/mol. The monoisotopic (exact) mass is 372 g/mol. The van der Waals surface area contributed by atoms with E-state index < -0.39 is 0 Å². The van der Waals surface area contributed by atoms with Gasteiger partial charge < -0.3 is 24.8 Å². The third-order valence-corrected chi connectivity index (χ3v) is 3.92. The Morgan fingerprint density at radius 1 is 0.889 bits per heavy atom. The Kier molecular flexibility index (Phi) is 7.05. The summed E-state index contributed by atoms with van der Waals surface area (Å²) in [5.41, 5.74) is 2.01. The number of ketones is 1. The van der Waals surface area contributed by atoms with Crippen molar-refractivity contribution < 1.29 is 23.8 Å². The molecule has 1 amide bonds. The van der Waals surface area contributed by atoms with Gasteiger partial charge in [-0.25, -0.2) is 0 Å². The van der Waals surface area contributed by atoms with Crippen LogP contribution in [0.1, 0.15) is 23.7 Å². The number of nitrogens with one attached hydrogen (secondary N) is 2. The molecule has 2 aromatic rings. The van der Waals surface area contributed by atoms with Gasteiger partial charge in [0, 0.05) is 42.0 Å². The second-order valence-electron chi connectivity index (χ2n) is 5.77. The van der Waals surface area contributed by atoms with Crippen LogP contribution in [0.25, 0.3) is 0 Å². The van der Waals surface area contributed by atoms with Crippen LogP contribution in [-0.2, 0) is 4.79 Å². The van der Waals surface area contributed by atoms with Gasteiger partial charge in [0.25, 0.3) is 0 Å². The van der Waals surface area contributed by atoms with E-state index in [0.29, 0.717) is 35.0 Å². The molecule has 0 heterocycles. The summed E-state index contributed by atoms with van der Waals surface area (Å²) in [5, 5.41) is 5.96. The SMILES string of the molecule is COc1cc(NCCC(=O)Nc2ccc(C(C)=O)cc2)cc(OC)c1OC. The topological polar surface area (TPSA) is 85.9 Å². The van der Waals surface area contributed by atoms with E-state index in [9.17, 15) is 9.59 Å². The van der Waals surface area contributed by atoms with Crippen molar-refractivity contribution in [2.24, 2.45) is 0 Å². The molecule has 0 atom stereocenters. The number of hydrogen-bond acceptors (Lipinski definition) is 6. The first-order valence-corrected chi connectivity index (χ1v) is 8.43. The molecule has 0 aliphatic heterocycles. The second kappa shape index (κ2) is 9.47. The van der Waals surface area contributed by atoms with Crippen LogP contribution in [0, 0.1) is 0 Å². The highest BCUT2D eigenvalue weighted by atomic mass is 16.5. The minimum atomic E-state index is -0.134. The predicted octanol–water partition coefficient (Wildman–Crippen LogP) is 3.36. The quantitative estimate of drug-likeness (QED) is 0.657. The van der Waals surface area contributed by atoms with Gasteiger partial charge in [-0.15, -0.1) is 0 Å². The van der Waals surface area contributed by atoms with E-state index in [1.165, 1.54) is 6.92 Å². The molecule has 0 unspecified atom stereocenters. The van der Waals surface area contributed by atoms with E-state index in [2.05, 4.69) is 10.6 Å². The fraction of sp³-hybridized carbons (Fsp3) is 0.300. The molecular formula is C20H24N2O5. The lowest BCUT2D eigenvalue weighted by molar-refractivity contribution is -0.115. The standard InChI is InChI=1S/C20H24N2O5/c1-13(23)14-5-7-15(8-6-14)22-19(24)9-10-21-16-11-17(25-2)20(27-4)18(12-16)26-3/h5-8,11-12,21H,9-10H2,1-4H3,(H,22,24). The summed E-state index contributed by atoms with van der Waals surface area (Å²) >= 11 is 0. The van der Waals surface area contributed by atoms with Gasteiger partial charge in [-0.1, -0.05) is 0 Å². The molecule has 7 heteroatoms. The number of carbonyl (C=O) groups excluding carboxylic acids is 2. The molecule has 2 N–H and O–H groups in total. The van der Waals surface area contributed by atoms with E-state index >= 15 is 0 Å². The van der Waals surface area contributed by atoms with Gasteiger partial charge in [0.05, 0.1) is 21.3 Å². The number of ether oxygens (including phenoxy) is 3. The number of hydrogen-bond donors (Lipinski definition) is 2. The lowest BCUT2D eigenvalue weighted by Crippen LogP contribution is -2.16. The Morgan fingerprint density at radius 2 is 1.48 bits per heavy atom. The summed E-state index contributed by atoms with van der Waals surface area (Å²) in [7, 11) is 4.64. The van der Waals surface area contributed by atoms with Crippen LogP contribution < -0.4 is 24.8 Å². The minimum absolute atomic E-state index is 0.0116. The molecule has 0 spiro atoms. The average Bonchev–Trinajstić information content (AvgIpc) is 2.67. The number of anilines is 2. The molecule has 0 fully saturated rings. The van der Waals surface area contributed by atoms with Crippen molar-refractivity contribution >= 4 is 23.1 Å². The number of methoxy groups -OCH3 is 3. The van der Waals surface area contributed by atoms with Gasteiger partial charge in [-0.05, 0) is 31.2 Å². The van der Waals surface area contributed by atoms with Crippen LogP contribution in [0.5, 0.6) is 17.2 Å². The smallest absolute Gasteiger partial charge is 0.226 e. The maximum absolute atomic E-state index is 12.1. The predicted molar refractivity (Wildman–Crippen MR) is 104 cm³/mol. The highest BCUT2D eigenvalue weighted by Gasteiger charge is 2.13. The van der Waals surface area contributed by atoms with Crippen LogP contribution >= 0.6 is 0 Å². The normalized spacial score (nSPS) is 10.1. The molecule has 0 aromatic heterocycles. The first-order valence-electron chi connectivity index (χ1n) is 8.43. The summed E-state index contributed by atoms with van der Waals surface area (Å²) in [5.74, 6) is 1.44. The molecule has 27 heavy (non-hydrogen) atoms. The van der Waals surface area contributed by atoms with Gasteiger partial charge in [0.15, 0.2) is 17.3 Å². The Labute approximate surface area is 158 Å². The van der Waals surface area contributed by atoms with E-state index in [4.69, 9.17) is 14.2 Å². The second-order valence-corrected chi connectivity index (χ2v) is 5.77. The molecule has 0 saturated heterocycles.